The summed E-state index contributed by atoms with van der Waals surface area (Å²) in [7, 11) is 0. The lowest BCUT2D eigenvalue weighted by molar-refractivity contribution is 0.754. The Kier molecular flexibility index (Phi) is 4.04. The van der Waals surface area contributed by atoms with Gasteiger partial charge in [-0.05, 0) is 26.0 Å². The monoisotopic (exact) mass is 295 g/mol. The van der Waals surface area contributed by atoms with E-state index in [1.807, 2.05) is 19.1 Å². The highest BCUT2D eigenvalue weighted by Gasteiger charge is 2.09. The number of rotatable bonds is 5. The number of nitrogens with one attached hydrogen (secondary N) is 2. The zero-order valence-electron chi connectivity index (χ0n) is 12.5. The number of aromatic nitrogens is 6. The molecule has 0 saturated heterocycles. The SMILES string of the molecule is Cc1cc(CC(C)Nc2nccc(-c3cnccn3)n2)n[nH]1. The van der Waals surface area contributed by atoms with Gasteiger partial charge in [-0.2, -0.15) is 5.10 Å². The van der Waals surface area contributed by atoms with Crippen molar-refractivity contribution in [2.75, 3.05) is 5.32 Å². The molecule has 3 heterocycles. The number of nitrogens with zero attached hydrogens (tertiary/aromatic N) is 5. The first-order chi connectivity index (χ1) is 10.7. The molecule has 7 nitrogen and oxygen atoms in total. The molecular weight excluding hydrogens is 278 g/mol. The van der Waals surface area contributed by atoms with Crippen molar-refractivity contribution in [3.05, 3.63) is 48.3 Å². The fraction of sp³-hybridized carbons (Fsp3) is 0.267. The molecule has 2 N–H and O–H groups in total. The van der Waals surface area contributed by atoms with E-state index in [1.165, 1.54) is 0 Å². The molecule has 22 heavy (non-hydrogen) atoms. The minimum Gasteiger partial charge on any atom is -0.351 e. The van der Waals surface area contributed by atoms with Gasteiger partial charge in [0.15, 0.2) is 0 Å². The second kappa shape index (κ2) is 6.30. The summed E-state index contributed by atoms with van der Waals surface area (Å²) < 4.78 is 0. The van der Waals surface area contributed by atoms with Gasteiger partial charge in [0, 0.05) is 36.7 Å². The van der Waals surface area contributed by atoms with Crippen LogP contribution in [0.1, 0.15) is 18.3 Å². The molecule has 0 aliphatic heterocycles. The Morgan fingerprint density at radius 3 is 2.82 bits per heavy atom. The zero-order valence-corrected chi connectivity index (χ0v) is 12.5. The highest BCUT2D eigenvalue weighted by molar-refractivity contribution is 5.53. The minimum atomic E-state index is 0.166. The van der Waals surface area contributed by atoms with Crippen molar-refractivity contribution in [1.82, 2.24) is 30.1 Å². The maximum Gasteiger partial charge on any atom is 0.223 e. The van der Waals surface area contributed by atoms with Crippen LogP contribution in [0.2, 0.25) is 0 Å². The van der Waals surface area contributed by atoms with Crippen LogP contribution in [0.4, 0.5) is 5.95 Å². The summed E-state index contributed by atoms with van der Waals surface area (Å²) in [5, 5.41) is 10.5. The predicted molar refractivity (Wildman–Crippen MR) is 83.2 cm³/mol. The molecule has 0 amide bonds. The van der Waals surface area contributed by atoms with E-state index in [4.69, 9.17) is 0 Å². The molecule has 112 valence electrons. The lowest BCUT2D eigenvalue weighted by Gasteiger charge is -2.12. The van der Waals surface area contributed by atoms with Crippen LogP contribution in [0, 0.1) is 6.92 Å². The second-order valence-electron chi connectivity index (χ2n) is 5.15. The molecule has 3 rings (SSSR count). The highest BCUT2D eigenvalue weighted by Crippen LogP contribution is 2.14. The van der Waals surface area contributed by atoms with Crippen LogP contribution in [0.25, 0.3) is 11.4 Å². The van der Waals surface area contributed by atoms with Gasteiger partial charge in [0.2, 0.25) is 5.95 Å². The third-order valence-corrected chi connectivity index (χ3v) is 3.13. The van der Waals surface area contributed by atoms with Gasteiger partial charge in [0.25, 0.3) is 0 Å². The molecule has 7 heteroatoms. The maximum absolute atomic E-state index is 4.48. The molecule has 3 aromatic heterocycles. The average molecular weight is 295 g/mol. The van der Waals surface area contributed by atoms with Gasteiger partial charge in [-0.3, -0.25) is 15.1 Å². The Balaban J connectivity index is 1.70. The molecule has 0 aromatic carbocycles. The lowest BCUT2D eigenvalue weighted by atomic mass is 10.2. The number of aromatic amines is 1. The fourth-order valence-electron chi connectivity index (χ4n) is 2.17. The number of hydrogen-bond donors (Lipinski definition) is 2. The maximum atomic E-state index is 4.48. The van der Waals surface area contributed by atoms with E-state index in [2.05, 4.69) is 42.4 Å². The first-order valence-electron chi connectivity index (χ1n) is 7.07. The van der Waals surface area contributed by atoms with Crippen molar-refractivity contribution in [1.29, 1.82) is 0 Å². The Bertz CT molecular complexity index is 738. The molecule has 1 atom stereocenters. The molecule has 0 aliphatic carbocycles. The van der Waals surface area contributed by atoms with E-state index in [-0.39, 0.29) is 6.04 Å². The van der Waals surface area contributed by atoms with E-state index in [0.717, 1.165) is 29.2 Å². The van der Waals surface area contributed by atoms with Crippen LogP contribution in [0.15, 0.2) is 36.9 Å². The molecular formula is C15H17N7. The van der Waals surface area contributed by atoms with E-state index in [9.17, 15) is 0 Å². The quantitative estimate of drug-likeness (QED) is 0.748. The molecule has 1 unspecified atom stereocenters. The van der Waals surface area contributed by atoms with Crippen molar-refractivity contribution in [2.24, 2.45) is 0 Å². The van der Waals surface area contributed by atoms with Crippen LogP contribution in [0.5, 0.6) is 0 Å². The van der Waals surface area contributed by atoms with E-state index < -0.39 is 0 Å². The largest absolute Gasteiger partial charge is 0.351 e. The van der Waals surface area contributed by atoms with Crippen LogP contribution in [0.3, 0.4) is 0 Å². The predicted octanol–water partition coefficient (Wildman–Crippen LogP) is 2.01. The molecule has 0 spiro atoms. The normalized spacial score (nSPS) is 12.1. The smallest absolute Gasteiger partial charge is 0.223 e. The lowest BCUT2D eigenvalue weighted by Crippen LogP contribution is -2.20. The molecule has 0 bridgehead atoms. The summed E-state index contributed by atoms with van der Waals surface area (Å²) >= 11 is 0. The summed E-state index contributed by atoms with van der Waals surface area (Å²) in [4.78, 5) is 17.0. The van der Waals surface area contributed by atoms with Gasteiger partial charge in [-0.15, -0.1) is 0 Å². The molecule has 0 radical (unpaired) electrons. The molecule has 0 fully saturated rings. The third kappa shape index (κ3) is 3.43. The Morgan fingerprint density at radius 1 is 1.18 bits per heavy atom. The highest BCUT2D eigenvalue weighted by atomic mass is 15.1. The Morgan fingerprint density at radius 2 is 2.09 bits per heavy atom. The van der Waals surface area contributed by atoms with Gasteiger partial charge in [-0.1, -0.05) is 0 Å². The third-order valence-electron chi connectivity index (χ3n) is 3.13. The van der Waals surface area contributed by atoms with E-state index in [1.54, 1.807) is 24.8 Å². The van der Waals surface area contributed by atoms with Gasteiger partial charge in [0.05, 0.1) is 17.6 Å². The van der Waals surface area contributed by atoms with Crippen molar-refractivity contribution in [3.63, 3.8) is 0 Å². The van der Waals surface area contributed by atoms with Gasteiger partial charge in [0.1, 0.15) is 5.69 Å². The van der Waals surface area contributed by atoms with E-state index in [0.29, 0.717) is 5.95 Å². The minimum absolute atomic E-state index is 0.166. The zero-order chi connectivity index (χ0) is 15.4. The fourth-order valence-corrected chi connectivity index (χ4v) is 2.17. The first-order valence-corrected chi connectivity index (χ1v) is 7.07. The summed E-state index contributed by atoms with van der Waals surface area (Å²) in [5.41, 5.74) is 3.54. The average Bonchev–Trinajstić information content (AvgIpc) is 2.93. The summed E-state index contributed by atoms with van der Waals surface area (Å²) in [6.45, 7) is 4.06. The van der Waals surface area contributed by atoms with E-state index >= 15 is 0 Å². The standard InChI is InChI=1S/C15H17N7/c1-10(7-12-8-11(2)21-22-12)19-15-18-4-3-13(20-15)14-9-16-5-6-17-14/h3-6,8-10H,7H2,1-2H3,(H,21,22)(H,18,19,20). The summed E-state index contributed by atoms with van der Waals surface area (Å²) in [5.74, 6) is 0.572. The van der Waals surface area contributed by atoms with Crippen molar-refractivity contribution < 1.29 is 0 Å². The Labute approximate surface area is 128 Å². The molecule has 0 aliphatic rings. The summed E-state index contributed by atoms with van der Waals surface area (Å²) in [6, 6.07) is 4.02. The topological polar surface area (TPSA) is 92.3 Å². The second-order valence-corrected chi connectivity index (χ2v) is 5.15. The van der Waals surface area contributed by atoms with Crippen LogP contribution < -0.4 is 5.32 Å². The van der Waals surface area contributed by atoms with Crippen molar-refractivity contribution in [3.8, 4) is 11.4 Å². The van der Waals surface area contributed by atoms with Crippen LogP contribution in [-0.2, 0) is 6.42 Å². The molecule has 0 saturated carbocycles. The van der Waals surface area contributed by atoms with Crippen molar-refractivity contribution >= 4 is 5.95 Å². The Hall–Kier alpha value is -2.83. The number of H-pyrrole nitrogens is 1. The van der Waals surface area contributed by atoms with Crippen LogP contribution in [-0.4, -0.2) is 36.2 Å². The van der Waals surface area contributed by atoms with Gasteiger partial charge < -0.3 is 5.32 Å². The first kappa shape index (κ1) is 14.1. The van der Waals surface area contributed by atoms with Crippen molar-refractivity contribution in [2.45, 2.75) is 26.3 Å². The van der Waals surface area contributed by atoms with Crippen LogP contribution >= 0.6 is 0 Å². The summed E-state index contributed by atoms with van der Waals surface area (Å²) in [6.07, 6.45) is 7.47. The number of aryl methyl sites for hydroxylation is 1. The number of anilines is 1. The van der Waals surface area contributed by atoms with Gasteiger partial charge in [-0.25, -0.2) is 9.97 Å². The molecule has 3 aromatic rings. The van der Waals surface area contributed by atoms with Gasteiger partial charge >= 0.3 is 0 Å². The number of hydrogen-bond acceptors (Lipinski definition) is 6.